The van der Waals surface area contributed by atoms with Crippen molar-refractivity contribution in [1.29, 1.82) is 0 Å². The van der Waals surface area contributed by atoms with Gasteiger partial charge in [0.2, 0.25) is 0 Å². The van der Waals surface area contributed by atoms with Crippen LogP contribution < -0.4 is 5.73 Å². The van der Waals surface area contributed by atoms with Gasteiger partial charge in [-0.2, -0.15) is 0 Å². The topological polar surface area (TPSA) is 26.0 Å². The maximum absolute atomic E-state index is 6.24. The molecule has 0 radical (unpaired) electrons. The third kappa shape index (κ3) is 0.619. The van der Waals surface area contributed by atoms with E-state index in [-0.39, 0.29) is 5.54 Å². The predicted octanol–water partition coefficient (Wildman–Crippen LogP) is 1.91. The molecule has 2 aliphatic carbocycles. The maximum atomic E-state index is 6.24. The summed E-state index contributed by atoms with van der Waals surface area (Å²) in [6.07, 6.45) is 5.33. The van der Waals surface area contributed by atoms with Gasteiger partial charge < -0.3 is 5.73 Å². The zero-order valence-corrected chi connectivity index (χ0v) is 6.98. The van der Waals surface area contributed by atoms with Gasteiger partial charge in [0, 0.05) is 5.54 Å². The smallest absolute Gasteiger partial charge is 0.0241 e. The summed E-state index contributed by atoms with van der Waals surface area (Å²) in [5, 5.41) is 0. The molecule has 0 aromatic heterocycles. The second-order valence-corrected chi connectivity index (χ2v) is 4.41. The van der Waals surface area contributed by atoms with Crippen molar-refractivity contribution in [1.82, 2.24) is 0 Å². The average Bonchev–Trinajstić information content (AvgIpc) is 2.73. The van der Waals surface area contributed by atoms with Crippen molar-refractivity contribution in [2.75, 3.05) is 0 Å². The first-order chi connectivity index (χ1) is 4.62. The average molecular weight is 139 g/mol. The molecule has 0 aliphatic heterocycles. The zero-order valence-electron chi connectivity index (χ0n) is 6.98. The van der Waals surface area contributed by atoms with Crippen molar-refractivity contribution in [3.05, 3.63) is 0 Å². The molecule has 0 saturated heterocycles. The van der Waals surface area contributed by atoms with Crippen LogP contribution in [-0.4, -0.2) is 5.54 Å². The quantitative estimate of drug-likeness (QED) is 0.621. The molecule has 0 amide bonds. The molecule has 2 saturated carbocycles. The minimum atomic E-state index is 0.266. The lowest BCUT2D eigenvalue weighted by atomic mass is 9.94. The Morgan fingerprint density at radius 1 is 1.50 bits per heavy atom. The number of nitrogens with two attached hydrogens (primary N) is 1. The molecule has 10 heavy (non-hydrogen) atoms. The van der Waals surface area contributed by atoms with Crippen LogP contribution in [0.4, 0.5) is 0 Å². The molecular weight excluding hydrogens is 122 g/mol. The summed E-state index contributed by atoms with van der Waals surface area (Å²) in [7, 11) is 0. The van der Waals surface area contributed by atoms with E-state index >= 15 is 0 Å². The number of rotatable bonds is 2. The molecule has 0 spiro atoms. The van der Waals surface area contributed by atoms with Crippen molar-refractivity contribution < 1.29 is 0 Å². The van der Waals surface area contributed by atoms with E-state index in [1.165, 1.54) is 25.7 Å². The molecule has 0 aromatic carbocycles. The van der Waals surface area contributed by atoms with E-state index in [0.717, 1.165) is 5.92 Å². The van der Waals surface area contributed by atoms with Gasteiger partial charge in [-0.15, -0.1) is 0 Å². The third-order valence-corrected chi connectivity index (χ3v) is 3.77. The maximum Gasteiger partial charge on any atom is 0.0241 e. The van der Waals surface area contributed by atoms with E-state index in [1.54, 1.807) is 0 Å². The van der Waals surface area contributed by atoms with E-state index in [9.17, 15) is 0 Å². The van der Waals surface area contributed by atoms with Gasteiger partial charge in [-0.1, -0.05) is 20.3 Å². The first-order valence-corrected chi connectivity index (χ1v) is 4.41. The molecule has 1 nitrogen and oxygen atoms in total. The second kappa shape index (κ2) is 1.58. The highest BCUT2D eigenvalue weighted by Gasteiger charge is 2.65. The van der Waals surface area contributed by atoms with Gasteiger partial charge in [0.25, 0.3) is 0 Å². The number of hydrogen-bond acceptors (Lipinski definition) is 1. The Bertz CT molecular complexity index is 160. The number of hydrogen-bond donors (Lipinski definition) is 1. The van der Waals surface area contributed by atoms with E-state index < -0.39 is 0 Å². The molecule has 58 valence electrons. The van der Waals surface area contributed by atoms with Gasteiger partial charge in [0.15, 0.2) is 0 Å². The van der Waals surface area contributed by atoms with Crippen LogP contribution in [0.1, 0.15) is 39.5 Å². The summed E-state index contributed by atoms with van der Waals surface area (Å²) in [5.41, 5.74) is 7.06. The van der Waals surface area contributed by atoms with Crippen LogP contribution in [0, 0.1) is 11.3 Å². The van der Waals surface area contributed by atoms with Gasteiger partial charge in [-0.25, -0.2) is 0 Å². The molecule has 2 unspecified atom stereocenters. The van der Waals surface area contributed by atoms with Crippen LogP contribution in [0.5, 0.6) is 0 Å². The second-order valence-electron chi connectivity index (χ2n) is 4.41. The molecule has 2 aliphatic rings. The Kier molecular flexibility index (Phi) is 1.05. The largest absolute Gasteiger partial charge is 0.324 e. The fraction of sp³-hybridized carbons (Fsp3) is 1.00. The van der Waals surface area contributed by atoms with Crippen molar-refractivity contribution in [3.8, 4) is 0 Å². The first kappa shape index (κ1) is 6.66. The molecule has 2 N–H and O–H groups in total. The van der Waals surface area contributed by atoms with Crippen LogP contribution in [0.25, 0.3) is 0 Å². The monoisotopic (exact) mass is 139 g/mol. The van der Waals surface area contributed by atoms with E-state index in [4.69, 9.17) is 5.73 Å². The van der Waals surface area contributed by atoms with Crippen molar-refractivity contribution >= 4 is 0 Å². The molecule has 2 rings (SSSR count). The van der Waals surface area contributed by atoms with E-state index in [0.29, 0.717) is 5.41 Å². The summed E-state index contributed by atoms with van der Waals surface area (Å²) in [5.74, 6) is 0.847. The summed E-state index contributed by atoms with van der Waals surface area (Å²) < 4.78 is 0. The molecule has 0 bridgehead atoms. The fourth-order valence-corrected chi connectivity index (χ4v) is 2.25. The van der Waals surface area contributed by atoms with Gasteiger partial charge in [-0.3, -0.25) is 0 Å². The van der Waals surface area contributed by atoms with Crippen LogP contribution in [-0.2, 0) is 0 Å². The zero-order chi connectivity index (χ0) is 7.41. The van der Waals surface area contributed by atoms with Crippen molar-refractivity contribution in [3.63, 3.8) is 0 Å². The summed E-state index contributed by atoms with van der Waals surface area (Å²) in [4.78, 5) is 0. The third-order valence-electron chi connectivity index (χ3n) is 3.77. The Morgan fingerprint density at radius 2 is 2.10 bits per heavy atom. The highest BCUT2D eigenvalue weighted by molar-refractivity contribution is 5.21. The summed E-state index contributed by atoms with van der Waals surface area (Å²) in [6.45, 7) is 4.60. The first-order valence-electron chi connectivity index (χ1n) is 4.41. The molecule has 0 heterocycles. The SMILES string of the molecule is CCC1CC1(N)C1(C)CC1. The molecule has 0 aromatic rings. The molecule has 1 heteroatoms. The summed E-state index contributed by atoms with van der Waals surface area (Å²) >= 11 is 0. The Balaban J connectivity index is 2.06. The Labute approximate surface area is 63.0 Å². The minimum absolute atomic E-state index is 0.266. The minimum Gasteiger partial charge on any atom is -0.324 e. The standard InChI is InChI=1S/C9H17N/c1-3-7-6-9(7,10)8(2)4-5-8/h7H,3-6,10H2,1-2H3. The molecular formula is C9H17N. The highest BCUT2D eigenvalue weighted by atomic mass is 14.9. The molecule has 2 fully saturated rings. The lowest BCUT2D eigenvalue weighted by molar-refractivity contribution is 0.381. The van der Waals surface area contributed by atoms with E-state index in [2.05, 4.69) is 13.8 Å². The Morgan fingerprint density at radius 3 is 2.40 bits per heavy atom. The van der Waals surface area contributed by atoms with Gasteiger partial charge in [0.1, 0.15) is 0 Å². The van der Waals surface area contributed by atoms with Crippen molar-refractivity contribution in [2.45, 2.75) is 45.1 Å². The summed E-state index contributed by atoms with van der Waals surface area (Å²) in [6, 6.07) is 0. The van der Waals surface area contributed by atoms with Gasteiger partial charge in [0.05, 0.1) is 0 Å². The lowest BCUT2D eigenvalue weighted by Crippen LogP contribution is -2.34. The lowest BCUT2D eigenvalue weighted by Gasteiger charge is -2.18. The van der Waals surface area contributed by atoms with Crippen LogP contribution >= 0.6 is 0 Å². The van der Waals surface area contributed by atoms with Gasteiger partial charge in [-0.05, 0) is 30.6 Å². The van der Waals surface area contributed by atoms with Crippen LogP contribution in [0.2, 0.25) is 0 Å². The highest BCUT2D eigenvalue weighted by Crippen LogP contribution is 2.65. The van der Waals surface area contributed by atoms with Gasteiger partial charge >= 0.3 is 0 Å². The fourth-order valence-electron chi connectivity index (χ4n) is 2.25. The van der Waals surface area contributed by atoms with Crippen molar-refractivity contribution in [2.24, 2.45) is 17.1 Å². The predicted molar refractivity (Wildman–Crippen MR) is 42.7 cm³/mol. The normalized spacial score (nSPS) is 48.9. The van der Waals surface area contributed by atoms with E-state index in [1.807, 2.05) is 0 Å². The Hall–Kier alpha value is -0.0400. The van der Waals surface area contributed by atoms with Crippen LogP contribution in [0.15, 0.2) is 0 Å². The molecule has 2 atom stereocenters. The van der Waals surface area contributed by atoms with Crippen LogP contribution in [0.3, 0.4) is 0 Å².